The van der Waals surface area contributed by atoms with Gasteiger partial charge >= 0.3 is 5.97 Å². The van der Waals surface area contributed by atoms with Gasteiger partial charge in [0, 0.05) is 67.9 Å². The maximum absolute atomic E-state index is 14.0. The lowest BCUT2D eigenvalue weighted by molar-refractivity contribution is -0.148. The van der Waals surface area contributed by atoms with Crippen LogP contribution in [0.5, 0.6) is 11.5 Å². The number of aliphatic imine (C=N–C) groups is 1. The number of fused-ring (bicyclic) bond motifs is 7. The Hall–Kier alpha value is -3.36. The molecule has 6 rings (SSSR count). The van der Waals surface area contributed by atoms with Crippen LogP contribution < -0.4 is 21.5 Å². The zero-order valence-corrected chi connectivity index (χ0v) is 33.9. The number of pyridine rings is 1. The van der Waals surface area contributed by atoms with E-state index in [1.165, 1.54) is 6.92 Å². The third kappa shape index (κ3) is 11.6. The molecule has 55 heavy (non-hydrogen) atoms. The topological polar surface area (TPSA) is 186 Å². The Kier molecular flexibility index (Phi) is 14.8. The predicted molar refractivity (Wildman–Crippen MR) is 220 cm³/mol. The number of phenols is 1. The molecule has 2 aromatic rings. The first-order chi connectivity index (χ1) is 26.6. The summed E-state index contributed by atoms with van der Waals surface area (Å²) in [6.45, 7) is 2.70. The Morgan fingerprint density at radius 3 is 2.76 bits per heavy atom. The van der Waals surface area contributed by atoms with Crippen LogP contribution in [0.15, 0.2) is 29.4 Å². The molecule has 12 nitrogen and oxygen atoms in total. The quantitative estimate of drug-likeness (QED) is 0.180. The first kappa shape index (κ1) is 41.3. The third-order valence-electron chi connectivity index (χ3n) is 11.8. The van der Waals surface area contributed by atoms with Crippen molar-refractivity contribution < 1.29 is 29.3 Å². The highest BCUT2D eigenvalue weighted by molar-refractivity contribution is 8.76. The Labute approximate surface area is 333 Å². The molecule has 7 N–H and O–H groups in total. The minimum Gasteiger partial charge on any atom is -0.504 e. The van der Waals surface area contributed by atoms with Gasteiger partial charge in [-0.15, -0.1) is 0 Å². The van der Waals surface area contributed by atoms with Crippen molar-refractivity contribution >= 4 is 45.2 Å². The number of benzene rings is 1. The predicted octanol–water partition coefficient (Wildman–Crippen LogP) is 6.04. The van der Waals surface area contributed by atoms with Crippen molar-refractivity contribution in [2.75, 3.05) is 30.5 Å². The fraction of sp³-hybridized carbons (Fsp3) is 0.659. The summed E-state index contributed by atoms with van der Waals surface area (Å²) in [5.41, 5.74) is 15.6. The molecule has 1 amide bonds. The molecule has 302 valence electrons. The van der Waals surface area contributed by atoms with Crippen molar-refractivity contribution in [3.63, 3.8) is 0 Å². The van der Waals surface area contributed by atoms with E-state index in [9.17, 15) is 19.8 Å². The molecular weight excluding hydrogens is 737 g/mol. The highest BCUT2D eigenvalue weighted by Gasteiger charge is 2.43. The molecule has 1 aliphatic carbocycles. The Balaban J connectivity index is 1.30. The van der Waals surface area contributed by atoms with Crippen LogP contribution in [-0.2, 0) is 40.1 Å². The number of aryl methyl sites for hydroxylation is 1. The van der Waals surface area contributed by atoms with E-state index in [1.807, 2.05) is 23.1 Å². The number of esters is 1. The number of aromatic hydroxyl groups is 1. The number of aromatic nitrogens is 1. The number of anilines is 1. The molecule has 4 heterocycles. The summed E-state index contributed by atoms with van der Waals surface area (Å²) in [7, 11) is 3.46. The number of phenolic OH excluding ortho intramolecular Hbond substituents is 1. The number of hydrogen-bond donors (Lipinski definition) is 5. The van der Waals surface area contributed by atoms with Crippen molar-refractivity contribution in [3.05, 3.63) is 46.6 Å². The maximum atomic E-state index is 14.0. The van der Waals surface area contributed by atoms with E-state index < -0.39 is 17.6 Å². The second-order valence-electron chi connectivity index (χ2n) is 16.1. The number of nitrogen functional groups attached to an aromatic ring is 1. The van der Waals surface area contributed by atoms with Crippen molar-refractivity contribution in [1.29, 1.82) is 0 Å². The first-order valence-electron chi connectivity index (χ1n) is 20.2. The molecule has 5 atom stereocenters. The van der Waals surface area contributed by atoms with E-state index in [0.717, 1.165) is 80.2 Å². The number of rotatable bonds is 3. The van der Waals surface area contributed by atoms with E-state index in [2.05, 4.69) is 15.3 Å². The van der Waals surface area contributed by atoms with Crippen LogP contribution in [0, 0.1) is 11.3 Å². The minimum absolute atomic E-state index is 0.0195. The van der Waals surface area contributed by atoms with Crippen molar-refractivity contribution in [3.8, 4) is 11.5 Å². The second kappa shape index (κ2) is 19.7. The number of aliphatic hydroxyl groups excluding tert-OH is 1. The van der Waals surface area contributed by atoms with Crippen molar-refractivity contribution in [2.24, 2.45) is 22.1 Å². The summed E-state index contributed by atoms with van der Waals surface area (Å²) >= 11 is 0. The number of aliphatic hydroxyl groups is 1. The number of nitrogens with zero attached hydrogens (tertiary/aromatic N) is 3. The third-order valence-corrected chi connectivity index (χ3v) is 14.0. The van der Waals surface area contributed by atoms with Gasteiger partial charge in [-0.05, 0) is 106 Å². The summed E-state index contributed by atoms with van der Waals surface area (Å²) in [5.74, 6) is 3.15. The van der Waals surface area contributed by atoms with Crippen molar-refractivity contribution in [1.82, 2.24) is 15.2 Å². The molecule has 0 radical (unpaired) electrons. The average molecular weight is 797 g/mol. The molecule has 14 heteroatoms. The Morgan fingerprint density at radius 1 is 1.07 bits per heavy atom. The maximum Gasteiger partial charge on any atom is 0.302 e. The number of hydrogen-bond acceptors (Lipinski definition) is 13. The molecular formula is C41H60N6O6S2. The first-order valence-corrected chi connectivity index (χ1v) is 22.7. The van der Waals surface area contributed by atoms with Gasteiger partial charge in [-0.3, -0.25) is 9.59 Å². The molecule has 1 aromatic carbocycles. The van der Waals surface area contributed by atoms with Gasteiger partial charge < -0.3 is 41.4 Å². The lowest BCUT2D eigenvalue weighted by atomic mass is 9.78. The minimum atomic E-state index is -0.565. The number of carbonyl (C=O) groups is 2. The standard InChI is InChI=1S/C41H60N6O6S2/c1-27(48)52-33-12-10-30-20-31(38(51)39-34(30)13-11-29-7-6-9-35(29)53-39)24-47-25-41(23-37(47)50,22-28-14-16-44-36(42)19-28)15-17-45-40(43)46-26-55-54-18-5-3-2-4-8-32(49)21-33/h14,16,19-20,29,32-33,35,49,51H,2-13,15,17-18,21-26H2,1H3,(H2,42,44)(H3,43,45,46). The monoisotopic (exact) mass is 796 g/mol. The van der Waals surface area contributed by atoms with Crippen LogP contribution in [-0.4, -0.2) is 81.0 Å². The second-order valence-corrected chi connectivity index (χ2v) is 18.6. The van der Waals surface area contributed by atoms with E-state index in [4.69, 9.17) is 20.9 Å². The van der Waals surface area contributed by atoms with Gasteiger partial charge in [-0.2, -0.15) is 0 Å². The Morgan fingerprint density at radius 2 is 1.93 bits per heavy atom. The van der Waals surface area contributed by atoms with Gasteiger partial charge in [-0.25, -0.2) is 9.98 Å². The normalized spacial score (nSPS) is 27.8. The molecule has 2 fully saturated rings. The number of ether oxygens (including phenoxy) is 2. The van der Waals surface area contributed by atoms with E-state index >= 15 is 0 Å². The van der Waals surface area contributed by atoms with Gasteiger partial charge in [0.2, 0.25) is 5.91 Å². The smallest absolute Gasteiger partial charge is 0.302 e. The summed E-state index contributed by atoms with van der Waals surface area (Å²) < 4.78 is 12.5. The zero-order chi connectivity index (χ0) is 38.8. The van der Waals surface area contributed by atoms with Crippen LogP contribution in [0.25, 0.3) is 0 Å². The molecule has 1 saturated carbocycles. The van der Waals surface area contributed by atoms with Gasteiger partial charge in [0.25, 0.3) is 0 Å². The molecule has 5 unspecified atom stereocenters. The van der Waals surface area contributed by atoms with Gasteiger partial charge in [0.15, 0.2) is 17.5 Å². The van der Waals surface area contributed by atoms with Crippen LogP contribution in [0.1, 0.15) is 113 Å². The Bertz CT molecular complexity index is 1660. The SMILES string of the molecule is CC(=O)OC1CCc2cc(c(O)c3c2CCC2CCCC2O3)CN2CC(Cc3ccnc(N)c3)(CCNC(N)=NCSSCCCCCCC(O)C1)CC2=O. The van der Waals surface area contributed by atoms with Gasteiger partial charge in [0.05, 0.1) is 12.0 Å². The summed E-state index contributed by atoms with van der Waals surface area (Å²) in [6, 6.07) is 5.86. The lowest BCUT2D eigenvalue weighted by Crippen LogP contribution is -2.37. The van der Waals surface area contributed by atoms with E-state index in [0.29, 0.717) is 92.9 Å². The van der Waals surface area contributed by atoms with E-state index in [1.54, 1.807) is 27.8 Å². The fourth-order valence-electron chi connectivity index (χ4n) is 9.05. The number of amides is 1. The van der Waals surface area contributed by atoms with Crippen LogP contribution in [0.2, 0.25) is 0 Å². The van der Waals surface area contributed by atoms with E-state index in [-0.39, 0.29) is 30.3 Å². The van der Waals surface area contributed by atoms with Crippen molar-refractivity contribution in [2.45, 2.75) is 135 Å². The fourth-order valence-corrected chi connectivity index (χ4v) is 10.8. The molecule has 0 spiro atoms. The lowest BCUT2D eigenvalue weighted by Gasteiger charge is -2.30. The molecule has 4 aliphatic rings. The van der Waals surface area contributed by atoms with Crippen LogP contribution in [0.4, 0.5) is 5.82 Å². The summed E-state index contributed by atoms with van der Waals surface area (Å²) in [5, 5.41) is 26.2. The number of nitrogens with two attached hydrogens (primary N) is 2. The van der Waals surface area contributed by atoms with Crippen LogP contribution in [0.3, 0.4) is 0 Å². The average Bonchev–Trinajstić information content (AvgIpc) is 3.65. The van der Waals surface area contributed by atoms with Crippen LogP contribution >= 0.6 is 21.6 Å². The largest absolute Gasteiger partial charge is 0.504 e. The number of nitrogens with one attached hydrogen (secondary N) is 1. The summed E-state index contributed by atoms with van der Waals surface area (Å²) in [4.78, 5) is 36.7. The molecule has 1 saturated heterocycles. The molecule has 1 aromatic heterocycles. The number of guanidine groups is 1. The highest BCUT2D eigenvalue weighted by atomic mass is 33.1. The highest BCUT2D eigenvalue weighted by Crippen LogP contribution is 2.47. The molecule has 3 aliphatic heterocycles. The zero-order valence-electron chi connectivity index (χ0n) is 32.3. The summed E-state index contributed by atoms with van der Waals surface area (Å²) in [6.07, 6.45) is 13.7. The molecule has 4 bridgehead atoms. The number of carbonyl (C=O) groups excluding carboxylic acids is 2. The van der Waals surface area contributed by atoms with Gasteiger partial charge in [-0.1, -0.05) is 40.9 Å². The van der Waals surface area contributed by atoms with Gasteiger partial charge in [0.1, 0.15) is 18.0 Å².